The van der Waals surface area contributed by atoms with E-state index in [4.69, 9.17) is 4.74 Å². The second-order valence-electron chi connectivity index (χ2n) is 7.34. The molecule has 0 aliphatic rings. The third kappa shape index (κ3) is 11.5. The van der Waals surface area contributed by atoms with Gasteiger partial charge in [0, 0.05) is 10.7 Å². The van der Waals surface area contributed by atoms with E-state index in [1.54, 1.807) is 0 Å². The molecule has 0 radical (unpaired) electrons. The summed E-state index contributed by atoms with van der Waals surface area (Å²) in [6, 6.07) is 0. The summed E-state index contributed by atoms with van der Waals surface area (Å²) in [5.74, 6) is 1.09. The third-order valence-corrected chi connectivity index (χ3v) is 14.3. The lowest BCUT2D eigenvalue weighted by Gasteiger charge is -2.15. The molecule has 28 heavy (non-hydrogen) atoms. The molecule has 0 aliphatic heterocycles. The number of hydrogen-bond acceptors (Lipinski definition) is 1. The fourth-order valence-corrected chi connectivity index (χ4v) is 8.21. The molecule has 0 unspecified atom stereocenters. The van der Waals surface area contributed by atoms with Gasteiger partial charge < -0.3 is 4.74 Å². The van der Waals surface area contributed by atoms with Crippen molar-refractivity contribution in [2.45, 2.75) is 96.8 Å². The predicted octanol–water partition coefficient (Wildman–Crippen LogP) is 10.6. The Balaban J connectivity index is 2.02. The molecule has 0 saturated carbocycles. The van der Waals surface area contributed by atoms with Gasteiger partial charge >= 0.3 is 0 Å². The van der Waals surface area contributed by atoms with Crippen molar-refractivity contribution in [2.75, 3.05) is 6.61 Å². The van der Waals surface area contributed by atoms with E-state index in [1.165, 1.54) is 108 Å². The lowest BCUT2D eigenvalue weighted by molar-refractivity contribution is 0.299. The molecule has 1 rings (SSSR count). The molecular formula is C22H33I5O. The molecule has 162 valence electrons. The van der Waals surface area contributed by atoms with E-state index < -0.39 is 0 Å². The van der Waals surface area contributed by atoms with Gasteiger partial charge in [-0.15, -0.1) is 0 Å². The Kier molecular flexibility index (Phi) is 18.6. The Morgan fingerprint density at radius 3 is 1.18 bits per heavy atom. The summed E-state index contributed by atoms with van der Waals surface area (Å²) in [6.45, 7) is 3.13. The summed E-state index contributed by atoms with van der Waals surface area (Å²) in [6.07, 6.45) is 19.5. The zero-order chi connectivity index (χ0) is 20.8. The molecule has 1 nitrogen and oxygen atoms in total. The van der Waals surface area contributed by atoms with Gasteiger partial charge in [0.2, 0.25) is 0 Å². The number of ether oxygens (including phenoxy) is 1. The molecule has 1 aromatic carbocycles. The first-order valence-corrected chi connectivity index (χ1v) is 16.0. The van der Waals surface area contributed by atoms with E-state index in [1.807, 2.05) is 0 Å². The van der Waals surface area contributed by atoms with E-state index in [2.05, 4.69) is 120 Å². The SMILES string of the molecule is CCCCCCCCCCCCCCCCOc1c(I)c(I)c(I)c(I)c1I. The maximum atomic E-state index is 6.16. The summed E-state index contributed by atoms with van der Waals surface area (Å²) >= 11 is 12.2. The average Bonchev–Trinajstić information content (AvgIpc) is 2.70. The van der Waals surface area contributed by atoms with Crippen molar-refractivity contribution in [2.24, 2.45) is 0 Å². The number of benzene rings is 1. The molecule has 1 aromatic rings. The maximum Gasteiger partial charge on any atom is 0.148 e. The van der Waals surface area contributed by atoms with Crippen molar-refractivity contribution in [3.8, 4) is 5.75 Å². The van der Waals surface area contributed by atoms with Crippen LogP contribution in [-0.2, 0) is 0 Å². The molecule has 0 bridgehead atoms. The molecule has 0 aromatic heterocycles. The van der Waals surface area contributed by atoms with Gasteiger partial charge in [-0.1, -0.05) is 90.4 Å². The quantitative estimate of drug-likeness (QED) is 0.0695. The lowest BCUT2D eigenvalue weighted by Crippen LogP contribution is -2.05. The summed E-state index contributed by atoms with van der Waals surface area (Å²) in [5.41, 5.74) is 0. The first kappa shape index (κ1) is 28.7. The highest BCUT2D eigenvalue weighted by Gasteiger charge is 2.18. The molecule has 0 amide bonds. The van der Waals surface area contributed by atoms with Crippen molar-refractivity contribution in [3.05, 3.63) is 17.9 Å². The molecule has 0 aliphatic carbocycles. The van der Waals surface area contributed by atoms with Crippen LogP contribution in [0.4, 0.5) is 0 Å². The van der Waals surface area contributed by atoms with Gasteiger partial charge in [-0.05, 0) is 119 Å². The fraction of sp³-hybridized carbons (Fsp3) is 0.727. The van der Waals surface area contributed by atoms with Gasteiger partial charge in [0.25, 0.3) is 0 Å². The first-order chi connectivity index (χ1) is 13.5. The smallest absolute Gasteiger partial charge is 0.148 e. The monoisotopic (exact) mass is 948 g/mol. The van der Waals surface area contributed by atoms with Crippen LogP contribution in [0.2, 0.25) is 0 Å². The molecular weight excluding hydrogens is 915 g/mol. The van der Waals surface area contributed by atoms with Gasteiger partial charge in [0.15, 0.2) is 0 Å². The third-order valence-electron chi connectivity index (χ3n) is 4.91. The Hall–Kier alpha value is 2.67. The summed E-state index contributed by atoms with van der Waals surface area (Å²) in [5, 5.41) is 0. The Labute approximate surface area is 241 Å². The minimum atomic E-state index is 0.844. The average molecular weight is 948 g/mol. The highest BCUT2D eigenvalue weighted by Crippen LogP contribution is 2.38. The Morgan fingerprint density at radius 2 is 0.786 bits per heavy atom. The molecule has 0 saturated heterocycles. The summed E-state index contributed by atoms with van der Waals surface area (Å²) in [4.78, 5) is 0. The second-order valence-corrected chi connectivity index (χ2v) is 12.7. The first-order valence-electron chi connectivity index (χ1n) is 10.6. The van der Waals surface area contributed by atoms with Crippen LogP contribution in [0.5, 0.6) is 5.75 Å². The van der Waals surface area contributed by atoms with Crippen LogP contribution in [0.25, 0.3) is 0 Å². The van der Waals surface area contributed by atoms with Gasteiger partial charge in [-0.25, -0.2) is 0 Å². The molecule has 0 spiro atoms. The minimum absolute atomic E-state index is 0.844. The topological polar surface area (TPSA) is 9.23 Å². The Bertz CT molecular complexity index is 533. The molecule has 6 heteroatoms. The van der Waals surface area contributed by atoms with Crippen LogP contribution in [0.1, 0.15) is 96.8 Å². The van der Waals surface area contributed by atoms with E-state index in [9.17, 15) is 0 Å². The number of unbranched alkanes of at least 4 members (excludes halogenated alkanes) is 13. The van der Waals surface area contributed by atoms with Gasteiger partial charge in [-0.2, -0.15) is 0 Å². The van der Waals surface area contributed by atoms with E-state index >= 15 is 0 Å². The molecule has 0 fully saturated rings. The lowest BCUT2D eigenvalue weighted by atomic mass is 10.0. The Morgan fingerprint density at radius 1 is 0.464 bits per heavy atom. The van der Waals surface area contributed by atoms with Crippen LogP contribution in [0, 0.1) is 17.9 Å². The predicted molar refractivity (Wildman–Crippen MR) is 166 cm³/mol. The highest BCUT2D eigenvalue weighted by molar-refractivity contribution is 14.1. The van der Waals surface area contributed by atoms with Gasteiger partial charge in [-0.3, -0.25) is 0 Å². The van der Waals surface area contributed by atoms with Gasteiger partial charge in [0.05, 0.1) is 13.7 Å². The van der Waals surface area contributed by atoms with Crippen LogP contribution in [0.3, 0.4) is 0 Å². The van der Waals surface area contributed by atoms with Crippen LogP contribution >= 0.6 is 113 Å². The molecule has 0 N–H and O–H groups in total. The maximum absolute atomic E-state index is 6.16. The van der Waals surface area contributed by atoms with Crippen molar-refractivity contribution < 1.29 is 4.74 Å². The summed E-state index contributed by atoms with van der Waals surface area (Å²) < 4.78 is 12.7. The van der Waals surface area contributed by atoms with Crippen molar-refractivity contribution in [3.63, 3.8) is 0 Å². The normalized spacial score (nSPS) is 11.2. The fourth-order valence-electron chi connectivity index (χ4n) is 3.18. The summed E-state index contributed by atoms with van der Waals surface area (Å²) in [7, 11) is 0. The minimum Gasteiger partial charge on any atom is -0.491 e. The van der Waals surface area contributed by atoms with Crippen LogP contribution in [0.15, 0.2) is 0 Å². The van der Waals surface area contributed by atoms with E-state index in [0.717, 1.165) is 12.4 Å². The van der Waals surface area contributed by atoms with Gasteiger partial charge in [0.1, 0.15) is 5.75 Å². The number of hydrogen-bond donors (Lipinski definition) is 0. The van der Waals surface area contributed by atoms with Crippen molar-refractivity contribution >= 4 is 113 Å². The van der Waals surface area contributed by atoms with E-state index in [0.29, 0.717) is 0 Å². The van der Waals surface area contributed by atoms with Crippen LogP contribution < -0.4 is 4.74 Å². The number of rotatable bonds is 16. The standard InChI is InChI=1S/C22H33I5O/c1-2-3-4-5-6-7-8-9-10-11-12-13-14-15-16-28-22-20(26)18(24)17(23)19(25)21(22)27/h2-16H2,1H3. The van der Waals surface area contributed by atoms with Crippen molar-refractivity contribution in [1.82, 2.24) is 0 Å². The molecule has 0 atom stereocenters. The highest BCUT2D eigenvalue weighted by atomic mass is 127. The molecule has 0 heterocycles. The number of halogens is 5. The van der Waals surface area contributed by atoms with Crippen molar-refractivity contribution in [1.29, 1.82) is 0 Å². The zero-order valence-corrected chi connectivity index (χ0v) is 27.7. The van der Waals surface area contributed by atoms with E-state index in [-0.39, 0.29) is 0 Å². The van der Waals surface area contributed by atoms with Crippen LogP contribution in [-0.4, -0.2) is 6.61 Å². The zero-order valence-electron chi connectivity index (χ0n) is 16.9. The largest absolute Gasteiger partial charge is 0.491 e. The second kappa shape index (κ2) is 18.1.